The van der Waals surface area contributed by atoms with Crippen LogP contribution in [0.3, 0.4) is 0 Å². The number of nitrogens with one attached hydrogen (secondary N) is 5. The number of aryl methyl sites for hydroxylation is 2. The number of halogens is 1. The number of carbonyl (C=O) groups excluding carboxylic acids is 4. The second-order valence-corrected chi connectivity index (χ2v) is 13.1. The first kappa shape index (κ1) is 35.2. The molecule has 0 saturated carbocycles. The summed E-state index contributed by atoms with van der Waals surface area (Å²) in [5.41, 5.74) is 1.91. The van der Waals surface area contributed by atoms with Gasteiger partial charge in [0.1, 0.15) is 12.7 Å². The highest BCUT2D eigenvalue weighted by molar-refractivity contribution is 6.29. The third-order valence-electron chi connectivity index (χ3n) is 8.66. The van der Waals surface area contributed by atoms with Gasteiger partial charge < -0.3 is 36.1 Å². The van der Waals surface area contributed by atoms with E-state index in [1.807, 2.05) is 10.6 Å². The first-order valence-electron chi connectivity index (χ1n) is 21.0. The molecule has 22 nitrogen and oxygen atoms in total. The first-order valence-corrected chi connectivity index (χ1v) is 18.3. The molecule has 6 aromatic rings. The number of nitrogens with zero attached hydrogens (tertiary/aromatic N) is 11. The molecular weight excluding hydrogens is 812 g/mol. The molecule has 8 rings (SSSR count). The van der Waals surface area contributed by atoms with Crippen LogP contribution in [-0.2, 0) is 23.7 Å². The molecule has 0 bridgehead atoms. The van der Waals surface area contributed by atoms with Crippen molar-refractivity contribution in [3.63, 3.8) is 0 Å². The molecule has 316 valence electrons. The van der Waals surface area contributed by atoms with Crippen molar-refractivity contribution in [1.82, 2.24) is 65.9 Å². The molecule has 0 radical (unpaired) electrons. The molecule has 4 aromatic heterocycles. The molecule has 2 saturated heterocycles. The second kappa shape index (κ2) is 19.3. The van der Waals surface area contributed by atoms with E-state index in [9.17, 15) is 19.2 Å². The molecule has 4 amide bonds. The van der Waals surface area contributed by atoms with Gasteiger partial charge in [-0.1, -0.05) is 23.7 Å². The molecule has 2 aliphatic heterocycles. The zero-order chi connectivity index (χ0) is 48.6. The van der Waals surface area contributed by atoms with Gasteiger partial charge in [-0.15, -0.1) is 20.4 Å². The number of carbonyl (C=O) groups is 4. The SMILES string of the molecule is O=C1CCN1.[2H]C([2H])([2H])NC(=O)c1nnc(Cl)cc1Nc1cccc(-c2ncn(C)n2)c1OC.[2H]C([2H])([2H])NC(=O)c1nnc(N2CCC2=O)cc1Nc1cccc(-c2ncn(C)n2)c1OC. The number of β-lactam (4-membered cyclic amide) rings is 2. The lowest BCUT2D eigenvalue weighted by atomic mass is 10.1. The number of amides is 4. The average molecular weight is 859 g/mol. The summed E-state index contributed by atoms with van der Waals surface area (Å²) in [5.74, 6) is 0.0862. The number of hydrogen-bond donors (Lipinski definition) is 5. The smallest absolute Gasteiger partial charge is 0.273 e. The highest BCUT2D eigenvalue weighted by Gasteiger charge is 2.28. The van der Waals surface area contributed by atoms with Gasteiger partial charge in [-0.25, -0.2) is 9.97 Å². The van der Waals surface area contributed by atoms with Crippen LogP contribution in [0, 0.1) is 0 Å². The van der Waals surface area contributed by atoms with Crippen molar-refractivity contribution in [3.8, 4) is 34.3 Å². The van der Waals surface area contributed by atoms with E-state index >= 15 is 0 Å². The van der Waals surface area contributed by atoms with Crippen LogP contribution in [-0.4, -0.2) is 115 Å². The molecule has 0 unspecified atom stereocenters. The first-order chi connectivity index (χ1) is 31.7. The Hall–Kier alpha value is -7.75. The van der Waals surface area contributed by atoms with Gasteiger partial charge >= 0.3 is 0 Å². The zero-order valence-electron chi connectivity index (χ0n) is 38.8. The zero-order valence-corrected chi connectivity index (χ0v) is 33.6. The molecule has 0 aliphatic carbocycles. The molecule has 0 spiro atoms. The highest BCUT2D eigenvalue weighted by atomic mass is 35.5. The van der Waals surface area contributed by atoms with Crippen molar-refractivity contribution < 1.29 is 36.9 Å². The van der Waals surface area contributed by atoms with E-state index in [0.717, 1.165) is 13.0 Å². The van der Waals surface area contributed by atoms with Gasteiger partial charge in [0.2, 0.25) is 11.8 Å². The third-order valence-corrected chi connectivity index (χ3v) is 8.85. The Kier molecular flexibility index (Phi) is 11.2. The lowest BCUT2D eigenvalue weighted by Gasteiger charge is -2.29. The fraction of sp³-hybridized carbons (Fsp3) is 0.263. The minimum absolute atomic E-state index is 0.0134. The molecule has 2 aliphatic rings. The van der Waals surface area contributed by atoms with Crippen LogP contribution in [0.25, 0.3) is 22.8 Å². The van der Waals surface area contributed by atoms with Gasteiger partial charge in [0, 0.05) is 74.3 Å². The van der Waals surface area contributed by atoms with Gasteiger partial charge in [0.15, 0.2) is 45.5 Å². The van der Waals surface area contributed by atoms with E-state index in [2.05, 4.69) is 56.5 Å². The number of hydrogen-bond acceptors (Lipinski definition) is 16. The minimum atomic E-state index is -2.72. The minimum Gasteiger partial charge on any atom is -0.494 e. The van der Waals surface area contributed by atoms with Crippen LogP contribution < -0.4 is 41.0 Å². The van der Waals surface area contributed by atoms with E-state index in [1.165, 1.54) is 31.3 Å². The number of methoxy groups -OCH3 is 2. The maximum atomic E-state index is 12.6. The van der Waals surface area contributed by atoms with Crippen LogP contribution in [0.1, 0.15) is 42.0 Å². The molecule has 2 fully saturated rings. The Morgan fingerprint density at radius 1 is 0.754 bits per heavy atom. The highest BCUT2D eigenvalue weighted by Crippen LogP contribution is 2.38. The second-order valence-electron chi connectivity index (χ2n) is 12.7. The molecule has 0 atom stereocenters. The average Bonchev–Trinajstić information content (AvgIpc) is 3.89. The van der Waals surface area contributed by atoms with E-state index in [1.54, 1.807) is 72.5 Å². The normalized spacial score (nSPS) is 14.4. The van der Waals surface area contributed by atoms with Crippen molar-refractivity contribution in [2.24, 2.45) is 14.1 Å². The van der Waals surface area contributed by atoms with E-state index in [-0.39, 0.29) is 45.5 Å². The quantitative estimate of drug-likeness (QED) is 0.117. The molecular formula is C38H41ClN16O6. The fourth-order valence-electron chi connectivity index (χ4n) is 5.59. The van der Waals surface area contributed by atoms with Crippen molar-refractivity contribution in [2.75, 3.05) is 56.8 Å². The van der Waals surface area contributed by atoms with Crippen LogP contribution >= 0.6 is 11.6 Å². The van der Waals surface area contributed by atoms with Gasteiger partial charge in [0.25, 0.3) is 11.8 Å². The molecule has 2 aromatic carbocycles. The Morgan fingerprint density at radius 2 is 1.26 bits per heavy atom. The Balaban J connectivity index is 0.000000201. The number of para-hydroxylation sites is 2. The maximum Gasteiger partial charge on any atom is 0.273 e. The largest absolute Gasteiger partial charge is 0.494 e. The number of aromatic nitrogens is 10. The van der Waals surface area contributed by atoms with Crippen LogP contribution in [0.2, 0.25) is 5.15 Å². The summed E-state index contributed by atoms with van der Waals surface area (Å²) in [5, 5.41) is 36.1. The summed E-state index contributed by atoms with van der Waals surface area (Å²) in [6.45, 7) is -4.04. The predicted molar refractivity (Wildman–Crippen MR) is 223 cm³/mol. The van der Waals surface area contributed by atoms with Gasteiger partial charge in [-0.3, -0.25) is 33.4 Å². The maximum absolute atomic E-state index is 12.6. The molecule has 61 heavy (non-hydrogen) atoms. The van der Waals surface area contributed by atoms with Gasteiger partial charge in [-0.05, 0) is 24.3 Å². The summed E-state index contributed by atoms with van der Waals surface area (Å²) in [6.07, 6.45) is 4.23. The van der Waals surface area contributed by atoms with Crippen molar-refractivity contribution >= 4 is 63.8 Å². The standard InChI is InChI=1S/C19H20N8O3.C16H16ClN7O2.C3H5NO/c1-20-19(29)16-13(9-14(23-24-16)27-8-7-15(27)28)22-12-6-4-5-11(17(12)30-3)18-21-10-26(2)25-18;1-18-16(25)13-11(7-12(17)21-22-13)20-10-6-4-5-9(14(10)26-3)15-19-8-24(2)23-15;5-3-1-2-4-3/h4-6,9-10H,7-8H2,1-3H3,(H,20,29)(H,22,23);4-8H,1-3H3,(H,18,25)(H,20,21);1-2H2,(H,4,5)/i2*1D3;. The molecule has 5 N–H and O–H groups in total. The number of ether oxygens (including phenoxy) is 2. The lowest BCUT2D eigenvalue weighted by Crippen LogP contribution is -2.44. The Labute approximate surface area is 361 Å². The lowest BCUT2D eigenvalue weighted by molar-refractivity contribution is -0.125. The number of anilines is 5. The van der Waals surface area contributed by atoms with E-state index in [0.29, 0.717) is 58.6 Å². The van der Waals surface area contributed by atoms with Gasteiger partial charge in [0.05, 0.1) is 48.1 Å². The summed E-state index contributed by atoms with van der Waals surface area (Å²) >= 11 is 5.91. The van der Waals surface area contributed by atoms with Crippen LogP contribution in [0.4, 0.5) is 28.6 Å². The Morgan fingerprint density at radius 3 is 1.66 bits per heavy atom. The fourth-order valence-corrected chi connectivity index (χ4v) is 5.74. The summed E-state index contributed by atoms with van der Waals surface area (Å²) < 4.78 is 57.7. The molecule has 23 heteroatoms. The van der Waals surface area contributed by atoms with Crippen LogP contribution in [0.5, 0.6) is 11.5 Å². The van der Waals surface area contributed by atoms with E-state index in [4.69, 9.17) is 29.3 Å². The van der Waals surface area contributed by atoms with Crippen molar-refractivity contribution in [3.05, 3.63) is 77.7 Å². The van der Waals surface area contributed by atoms with Crippen molar-refractivity contribution in [2.45, 2.75) is 12.8 Å². The number of rotatable bonds is 11. The third kappa shape index (κ3) is 9.93. The summed E-state index contributed by atoms with van der Waals surface area (Å²) in [4.78, 5) is 56.4. The van der Waals surface area contributed by atoms with Crippen LogP contribution in [0.15, 0.2) is 61.2 Å². The van der Waals surface area contributed by atoms with Crippen molar-refractivity contribution in [1.29, 1.82) is 0 Å². The summed E-state index contributed by atoms with van der Waals surface area (Å²) in [7, 11) is 6.44. The Bertz CT molecular complexity index is 2800. The molecule has 6 heterocycles. The van der Waals surface area contributed by atoms with E-state index < -0.39 is 25.8 Å². The summed E-state index contributed by atoms with van der Waals surface area (Å²) in [6, 6.07) is 13.3. The van der Waals surface area contributed by atoms with Gasteiger partial charge in [-0.2, -0.15) is 10.2 Å². The predicted octanol–water partition coefficient (Wildman–Crippen LogP) is 2.66. The topological polar surface area (TPSA) is 263 Å². The monoisotopic (exact) mass is 858 g/mol. The number of benzene rings is 2.